The molecular formula is C20H23F3N4O2S. The van der Waals surface area contributed by atoms with Crippen molar-refractivity contribution in [1.29, 1.82) is 0 Å². The van der Waals surface area contributed by atoms with Crippen LogP contribution in [0.5, 0.6) is 0 Å². The molecule has 0 aliphatic heterocycles. The molecule has 0 radical (unpaired) electrons. The van der Waals surface area contributed by atoms with Gasteiger partial charge in [0.25, 0.3) is 0 Å². The van der Waals surface area contributed by atoms with Crippen LogP contribution in [0.15, 0.2) is 58.4 Å². The molecule has 10 heteroatoms. The lowest BCUT2D eigenvalue weighted by Crippen LogP contribution is -2.36. The Morgan fingerprint density at radius 3 is 1.90 bits per heavy atom. The van der Waals surface area contributed by atoms with Crippen LogP contribution in [-0.4, -0.2) is 27.5 Å². The number of benzene rings is 2. The van der Waals surface area contributed by atoms with Crippen LogP contribution in [-0.2, 0) is 29.3 Å². The highest BCUT2D eigenvalue weighted by Crippen LogP contribution is 2.29. The fourth-order valence-electron chi connectivity index (χ4n) is 2.68. The SMILES string of the molecule is CN=C(NCc1ccc(C(F)(F)F)cc1)NCc1ccc(S(=O)(=O)NC2CC2)cc1. The number of nitrogens with zero attached hydrogens (tertiary/aromatic N) is 1. The fraction of sp³-hybridized carbons (Fsp3) is 0.350. The van der Waals surface area contributed by atoms with Gasteiger partial charge in [0, 0.05) is 26.2 Å². The average molecular weight is 440 g/mol. The summed E-state index contributed by atoms with van der Waals surface area (Å²) in [6.07, 6.45) is -2.61. The second kappa shape index (κ2) is 9.05. The Labute approximate surface area is 173 Å². The summed E-state index contributed by atoms with van der Waals surface area (Å²) in [4.78, 5) is 4.30. The van der Waals surface area contributed by atoms with Gasteiger partial charge < -0.3 is 10.6 Å². The van der Waals surface area contributed by atoms with Crippen LogP contribution in [0.25, 0.3) is 0 Å². The molecule has 0 unspecified atom stereocenters. The first-order chi connectivity index (χ1) is 14.2. The van der Waals surface area contributed by atoms with Crippen LogP contribution >= 0.6 is 0 Å². The predicted molar refractivity (Wildman–Crippen MR) is 108 cm³/mol. The smallest absolute Gasteiger partial charge is 0.352 e. The van der Waals surface area contributed by atoms with Crippen molar-refractivity contribution in [1.82, 2.24) is 15.4 Å². The third-order valence-corrected chi connectivity index (χ3v) is 6.09. The Morgan fingerprint density at radius 1 is 0.967 bits per heavy atom. The second-order valence-corrected chi connectivity index (χ2v) is 8.73. The van der Waals surface area contributed by atoms with Gasteiger partial charge >= 0.3 is 6.18 Å². The number of hydrogen-bond acceptors (Lipinski definition) is 3. The number of sulfonamides is 1. The molecule has 3 N–H and O–H groups in total. The first kappa shape index (κ1) is 22.1. The average Bonchev–Trinajstić information content (AvgIpc) is 3.51. The molecule has 1 fully saturated rings. The van der Waals surface area contributed by atoms with E-state index in [4.69, 9.17) is 0 Å². The molecule has 1 aliphatic carbocycles. The molecule has 162 valence electrons. The van der Waals surface area contributed by atoms with Gasteiger partial charge in [-0.3, -0.25) is 4.99 Å². The van der Waals surface area contributed by atoms with Gasteiger partial charge in [-0.1, -0.05) is 24.3 Å². The van der Waals surface area contributed by atoms with E-state index in [0.29, 0.717) is 24.6 Å². The molecular weight excluding hydrogens is 417 g/mol. The standard InChI is InChI=1S/C20H23F3N4O2S/c1-24-19(25-12-14-2-6-16(7-3-14)20(21,22)23)26-13-15-4-10-18(11-5-15)30(28,29)27-17-8-9-17/h2-7,10-11,17,27H,8-9,12-13H2,1H3,(H2,24,25,26). The minimum Gasteiger partial charge on any atom is -0.352 e. The molecule has 30 heavy (non-hydrogen) atoms. The van der Waals surface area contributed by atoms with Crippen LogP contribution in [0.3, 0.4) is 0 Å². The van der Waals surface area contributed by atoms with Gasteiger partial charge in [-0.2, -0.15) is 13.2 Å². The molecule has 2 aromatic carbocycles. The van der Waals surface area contributed by atoms with Gasteiger partial charge in [0.2, 0.25) is 10.0 Å². The topological polar surface area (TPSA) is 82.6 Å². The summed E-state index contributed by atoms with van der Waals surface area (Å²) in [7, 11) is -1.89. The maximum Gasteiger partial charge on any atom is 0.416 e. The number of aliphatic imine (C=N–C) groups is 1. The van der Waals surface area contributed by atoms with Gasteiger partial charge in [-0.25, -0.2) is 13.1 Å². The zero-order valence-corrected chi connectivity index (χ0v) is 17.1. The van der Waals surface area contributed by atoms with Crippen molar-refractivity contribution >= 4 is 16.0 Å². The largest absolute Gasteiger partial charge is 0.416 e. The van der Waals surface area contributed by atoms with Crippen LogP contribution in [0.1, 0.15) is 29.5 Å². The number of nitrogens with one attached hydrogen (secondary N) is 3. The van der Waals surface area contributed by atoms with E-state index < -0.39 is 21.8 Å². The number of hydrogen-bond donors (Lipinski definition) is 3. The molecule has 0 spiro atoms. The van der Waals surface area contributed by atoms with Crippen molar-refractivity contribution in [2.45, 2.75) is 43.0 Å². The predicted octanol–water partition coefficient (Wildman–Crippen LogP) is 3.01. The number of rotatable bonds is 7. The number of guanidine groups is 1. The van der Waals surface area contributed by atoms with Crippen molar-refractivity contribution in [2.75, 3.05) is 7.05 Å². The van der Waals surface area contributed by atoms with E-state index in [1.54, 1.807) is 31.3 Å². The van der Waals surface area contributed by atoms with E-state index in [9.17, 15) is 21.6 Å². The molecule has 0 bridgehead atoms. The number of halogens is 3. The van der Waals surface area contributed by atoms with Crippen molar-refractivity contribution in [3.05, 3.63) is 65.2 Å². The summed E-state index contributed by atoms with van der Waals surface area (Å²) in [5.41, 5.74) is 0.855. The zero-order chi connectivity index (χ0) is 21.8. The maximum absolute atomic E-state index is 12.6. The van der Waals surface area contributed by atoms with Gasteiger partial charge in [-0.05, 0) is 48.2 Å². The van der Waals surface area contributed by atoms with E-state index in [-0.39, 0.29) is 10.9 Å². The first-order valence-corrected chi connectivity index (χ1v) is 10.9. The number of alkyl halides is 3. The molecule has 3 rings (SSSR count). The Kier molecular flexibility index (Phi) is 6.67. The highest BCUT2D eigenvalue weighted by molar-refractivity contribution is 7.89. The summed E-state index contributed by atoms with van der Waals surface area (Å²) >= 11 is 0. The van der Waals surface area contributed by atoms with Crippen molar-refractivity contribution < 1.29 is 21.6 Å². The van der Waals surface area contributed by atoms with E-state index in [1.165, 1.54) is 12.1 Å². The minimum atomic E-state index is -4.35. The van der Waals surface area contributed by atoms with E-state index in [1.807, 2.05) is 0 Å². The monoisotopic (exact) mass is 440 g/mol. The lowest BCUT2D eigenvalue weighted by molar-refractivity contribution is -0.137. The van der Waals surface area contributed by atoms with Gasteiger partial charge in [0.1, 0.15) is 0 Å². The molecule has 0 atom stereocenters. The summed E-state index contributed by atoms with van der Waals surface area (Å²) in [5, 5.41) is 6.12. The highest BCUT2D eigenvalue weighted by atomic mass is 32.2. The van der Waals surface area contributed by atoms with E-state index in [0.717, 1.165) is 30.5 Å². The first-order valence-electron chi connectivity index (χ1n) is 9.39. The summed E-state index contributed by atoms with van der Waals surface area (Å²) in [6.45, 7) is 0.713. The Balaban J connectivity index is 1.50. The van der Waals surface area contributed by atoms with Crippen LogP contribution in [0.2, 0.25) is 0 Å². The maximum atomic E-state index is 12.6. The lowest BCUT2D eigenvalue weighted by Gasteiger charge is -2.13. The molecule has 6 nitrogen and oxygen atoms in total. The highest BCUT2D eigenvalue weighted by Gasteiger charge is 2.30. The van der Waals surface area contributed by atoms with Crippen LogP contribution < -0.4 is 15.4 Å². The molecule has 0 heterocycles. The molecule has 0 aromatic heterocycles. The molecule has 1 saturated carbocycles. The van der Waals surface area contributed by atoms with Crippen LogP contribution in [0.4, 0.5) is 13.2 Å². The molecule has 0 saturated heterocycles. The fourth-order valence-corrected chi connectivity index (χ4v) is 3.98. The van der Waals surface area contributed by atoms with Gasteiger partial charge in [-0.15, -0.1) is 0 Å². The molecule has 2 aromatic rings. The molecule has 1 aliphatic rings. The van der Waals surface area contributed by atoms with Crippen molar-refractivity contribution in [3.63, 3.8) is 0 Å². The summed E-state index contributed by atoms with van der Waals surface area (Å²) in [5.74, 6) is 0.474. The summed E-state index contributed by atoms with van der Waals surface area (Å²) < 4.78 is 64.9. The third-order valence-electron chi connectivity index (χ3n) is 4.56. The normalized spacial score (nSPS) is 15.1. The van der Waals surface area contributed by atoms with Crippen molar-refractivity contribution in [3.8, 4) is 0 Å². The van der Waals surface area contributed by atoms with Crippen LogP contribution in [0, 0.1) is 0 Å². The summed E-state index contributed by atoms with van der Waals surface area (Å²) in [6, 6.07) is 11.5. The zero-order valence-electron chi connectivity index (χ0n) is 16.3. The molecule has 0 amide bonds. The lowest BCUT2D eigenvalue weighted by atomic mass is 10.1. The van der Waals surface area contributed by atoms with Gasteiger partial charge in [0.15, 0.2) is 5.96 Å². The van der Waals surface area contributed by atoms with E-state index >= 15 is 0 Å². The van der Waals surface area contributed by atoms with Crippen molar-refractivity contribution in [2.24, 2.45) is 4.99 Å². The Hall–Kier alpha value is -2.59. The minimum absolute atomic E-state index is 0.0513. The Morgan fingerprint density at radius 2 is 1.47 bits per heavy atom. The van der Waals surface area contributed by atoms with E-state index in [2.05, 4.69) is 20.3 Å². The van der Waals surface area contributed by atoms with Gasteiger partial charge in [0.05, 0.1) is 10.5 Å². The Bertz CT molecular complexity index is 984. The third kappa shape index (κ3) is 6.20. The quantitative estimate of drug-likeness (QED) is 0.457. The second-order valence-electron chi connectivity index (χ2n) is 7.01.